The van der Waals surface area contributed by atoms with Crippen LogP contribution in [0.5, 0.6) is 0 Å². The maximum atomic E-state index is 14.4. The first kappa shape index (κ1) is 23.4. The highest BCUT2D eigenvalue weighted by Gasteiger charge is 2.43. The summed E-state index contributed by atoms with van der Waals surface area (Å²) in [7, 11) is 0. The number of thioether (sulfide) groups is 1. The van der Waals surface area contributed by atoms with Gasteiger partial charge in [0.2, 0.25) is 0 Å². The number of hydrogen-bond acceptors (Lipinski definition) is 5. The van der Waals surface area contributed by atoms with Gasteiger partial charge in [-0.25, -0.2) is 4.98 Å². The molecule has 5 nitrogen and oxygen atoms in total. The molecule has 0 unspecified atom stereocenters. The molecule has 2 aliphatic rings. The van der Waals surface area contributed by atoms with Crippen molar-refractivity contribution < 1.29 is 9.53 Å². The summed E-state index contributed by atoms with van der Waals surface area (Å²) in [5, 5.41) is 0.512. The first-order valence-electron chi connectivity index (χ1n) is 11.8. The molecule has 1 saturated carbocycles. The molecule has 34 heavy (non-hydrogen) atoms. The van der Waals surface area contributed by atoms with Gasteiger partial charge in [0.15, 0.2) is 5.16 Å². The molecule has 176 valence electrons. The Balaban J connectivity index is 1.76. The van der Waals surface area contributed by atoms with Crippen LogP contribution in [0.25, 0.3) is 16.9 Å². The van der Waals surface area contributed by atoms with E-state index in [1.54, 1.807) is 11.5 Å². The fraction of sp³-hybridized carbons (Fsp3) is 0.370. The monoisotopic (exact) mass is 538 g/mol. The fourth-order valence-electron chi connectivity index (χ4n) is 5.45. The second-order valence-electron chi connectivity index (χ2n) is 9.01. The maximum absolute atomic E-state index is 14.4. The van der Waals surface area contributed by atoms with Crippen LogP contribution in [0.3, 0.4) is 0 Å². The van der Waals surface area contributed by atoms with E-state index in [0.717, 1.165) is 59.1 Å². The van der Waals surface area contributed by atoms with Gasteiger partial charge in [-0.3, -0.25) is 14.2 Å². The zero-order valence-electron chi connectivity index (χ0n) is 19.2. The first-order chi connectivity index (χ1) is 16.5. The van der Waals surface area contributed by atoms with E-state index in [1.807, 2.05) is 30.3 Å². The molecule has 0 radical (unpaired) electrons. The van der Waals surface area contributed by atoms with Crippen molar-refractivity contribution in [2.45, 2.75) is 56.0 Å². The van der Waals surface area contributed by atoms with Crippen molar-refractivity contribution in [3.05, 3.63) is 74.5 Å². The summed E-state index contributed by atoms with van der Waals surface area (Å²) in [5.41, 5.74) is 4.44. The van der Waals surface area contributed by atoms with Crippen LogP contribution in [-0.2, 0) is 21.4 Å². The number of esters is 1. The number of benzene rings is 2. The Morgan fingerprint density at radius 2 is 1.94 bits per heavy atom. The van der Waals surface area contributed by atoms with Gasteiger partial charge in [-0.15, -0.1) is 0 Å². The van der Waals surface area contributed by atoms with Crippen LogP contribution in [0, 0.1) is 0 Å². The lowest BCUT2D eigenvalue weighted by molar-refractivity contribution is -0.139. The minimum Gasteiger partial charge on any atom is -0.465 e. The summed E-state index contributed by atoms with van der Waals surface area (Å²) in [5.74, 6) is -0.218. The number of ether oxygens (including phenoxy) is 1. The number of hydrogen-bond donors (Lipinski definition) is 0. The highest BCUT2D eigenvalue weighted by atomic mass is 79.9. The Kier molecular flexibility index (Phi) is 6.67. The van der Waals surface area contributed by atoms with Crippen LogP contribution in [-0.4, -0.2) is 27.9 Å². The van der Waals surface area contributed by atoms with Gasteiger partial charge in [-0.1, -0.05) is 77.3 Å². The lowest BCUT2D eigenvalue weighted by Crippen LogP contribution is -2.43. The van der Waals surface area contributed by atoms with Gasteiger partial charge < -0.3 is 4.74 Å². The number of rotatable bonds is 5. The van der Waals surface area contributed by atoms with Crippen molar-refractivity contribution in [2.75, 3.05) is 12.4 Å². The summed E-state index contributed by atoms with van der Waals surface area (Å²) in [6.45, 7) is 2.11. The van der Waals surface area contributed by atoms with Crippen molar-refractivity contribution in [3.63, 3.8) is 0 Å². The molecule has 5 rings (SSSR count). The Morgan fingerprint density at radius 3 is 2.71 bits per heavy atom. The van der Waals surface area contributed by atoms with Gasteiger partial charge in [0.1, 0.15) is 0 Å². The predicted octanol–water partition coefficient (Wildman–Crippen LogP) is 6.08. The molecule has 0 amide bonds. The Labute approximate surface area is 212 Å². The largest absolute Gasteiger partial charge is 0.465 e. The van der Waals surface area contributed by atoms with Crippen LogP contribution in [0.15, 0.2) is 63.0 Å². The second-order valence-corrected chi connectivity index (χ2v) is 10.9. The van der Waals surface area contributed by atoms with Gasteiger partial charge in [-0.2, -0.15) is 0 Å². The quantitative estimate of drug-likeness (QED) is 0.224. The lowest BCUT2D eigenvalue weighted by atomic mass is 9.62. The molecule has 2 aromatic carbocycles. The maximum Gasteiger partial charge on any atom is 0.316 e. The topological polar surface area (TPSA) is 61.2 Å². The normalized spacial score (nSPS) is 16.1. The van der Waals surface area contributed by atoms with E-state index < -0.39 is 0 Å². The Hall–Kier alpha value is -2.38. The van der Waals surface area contributed by atoms with Crippen molar-refractivity contribution in [2.24, 2.45) is 0 Å². The second kappa shape index (κ2) is 9.70. The summed E-state index contributed by atoms with van der Waals surface area (Å²) >= 11 is 4.80. The molecule has 0 atom stereocenters. The molecule has 1 fully saturated rings. The van der Waals surface area contributed by atoms with Gasteiger partial charge in [0.25, 0.3) is 5.56 Å². The third-order valence-corrected chi connectivity index (χ3v) is 8.29. The molecule has 0 aliphatic heterocycles. The van der Waals surface area contributed by atoms with Crippen molar-refractivity contribution >= 4 is 33.7 Å². The molecule has 0 N–H and O–H groups in total. The molecule has 1 aromatic heterocycles. The number of aromatic nitrogens is 2. The van der Waals surface area contributed by atoms with E-state index >= 15 is 0 Å². The van der Waals surface area contributed by atoms with Gasteiger partial charge >= 0.3 is 5.97 Å². The Bertz CT molecular complexity index is 1300. The third-order valence-electron chi connectivity index (χ3n) is 6.89. The molecule has 1 spiro atoms. The van der Waals surface area contributed by atoms with Crippen molar-refractivity contribution in [1.29, 1.82) is 0 Å². The number of carbonyl (C=O) groups is 1. The van der Waals surface area contributed by atoms with E-state index in [2.05, 4.69) is 34.1 Å². The minimum atomic E-state index is -0.315. The third kappa shape index (κ3) is 4.24. The summed E-state index contributed by atoms with van der Waals surface area (Å²) in [6.07, 6.45) is 6.33. The molecule has 0 saturated heterocycles. The predicted molar refractivity (Wildman–Crippen MR) is 139 cm³/mol. The smallest absolute Gasteiger partial charge is 0.316 e. The number of fused-ring (bicyclic) bond motifs is 4. The zero-order chi connectivity index (χ0) is 23.7. The standard InChI is InChI=1S/C27H27BrN2O3S/c1-2-33-22(31)17-34-26-29-24-21-12-5-4-9-18(21)16-27(13-6-3-7-14-27)23(24)25(32)30(26)20-11-8-10-19(28)15-20/h4-5,8-12,15H,2-3,6-7,13-14,16-17H2,1H3. The SMILES string of the molecule is CCOC(=O)CSc1nc2c(c(=O)n1-c1cccc(Br)c1)C1(CCCCC1)Cc1ccccc1-2. The van der Waals surface area contributed by atoms with E-state index in [0.29, 0.717) is 11.8 Å². The molecule has 0 bridgehead atoms. The molecular formula is C27H27BrN2O3S. The fourth-order valence-corrected chi connectivity index (χ4v) is 6.64. The molecule has 7 heteroatoms. The van der Waals surface area contributed by atoms with E-state index in [-0.39, 0.29) is 22.7 Å². The minimum absolute atomic E-state index is 0.0224. The van der Waals surface area contributed by atoms with Crippen LogP contribution in [0.2, 0.25) is 0 Å². The van der Waals surface area contributed by atoms with Crippen LogP contribution in [0.1, 0.15) is 50.2 Å². The number of nitrogens with zero attached hydrogens (tertiary/aromatic N) is 2. The summed E-state index contributed by atoms with van der Waals surface area (Å²) in [4.78, 5) is 31.7. The van der Waals surface area contributed by atoms with Crippen LogP contribution in [0.4, 0.5) is 0 Å². The Morgan fingerprint density at radius 1 is 1.15 bits per heavy atom. The average Bonchev–Trinajstić information content (AvgIpc) is 2.83. The summed E-state index contributed by atoms with van der Waals surface area (Å²) < 4.78 is 7.71. The zero-order valence-corrected chi connectivity index (χ0v) is 21.6. The van der Waals surface area contributed by atoms with Crippen LogP contribution < -0.4 is 5.56 Å². The number of carbonyl (C=O) groups excluding carboxylic acids is 1. The summed E-state index contributed by atoms with van der Waals surface area (Å²) in [6, 6.07) is 16.0. The highest BCUT2D eigenvalue weighted by Crippen LogP contribution is 2.49. The van der Waals surface area contributed by atoms with Crippen molar-refractivity contribution in [1.82, 2.24) is 9.55 Å². The highest BCUT2D eigenvalue weighted by molar-refractivity contribution is 9.10. The molecule has 3 aromatic rings. The van der Waals surface area contributed by atoms with Crippen LogP contribution >= 0.6 is 27.7 Å². The van der Waals surface area contributed by atoms with E-state index in [4.69, 9.17) is 9.72 Å². The van der Waals surface area contributed by atoms with E-state index in [9.17, 15) is 9.59 Å². The molecule has 1 heterocycles. The molecular weight excluding hydrogens is 512 g/mol. The first-order valence-corrected chi connectivity index (χ1v) is 13.6. The van der Waals surface area contributed by atoms with E-state index in [1.165, 1.54) is 23.7 Å². The molecule has 2 aliphatic carbocycles. The van der Waals surface area contributed by atoms with Gasteiger partial charge in [0, 0.05) is 15.5 Å². The average molecular weight is 539 g/mol. The van der Waals surface area contributed by atoms with Gasteiger partial charge in [-0.05, 0) is 49.9 Å². The van der Waals surface area contributed by atoms with Crippen molar-refractivity contribution in [3.8, 4) is 16.9 Å². The van der Waals surface area contributed by atoms with Gasteiger partial charge in [0.05, 0.1) is 29.3 Å². The lowest BCUT2D eigenvalue weighted by Gasteiger charge is -2.42. The number of halogens is 1.